The summed E-state index contributed by atoms with van der Waals surface area (Å²) >= 11 is 0. The number of imide groups is 1. The number of benzene rings is 2. The van der Waals surface area contributed by atoms with E-state index in [4.69, 9.17) is 9.47 Å². The topological polar surface area (TPSA) is 97.0 Å². The SMILES string of the molecule is Cc1ccccc1CNC(=O)CN1C(=O)N[C@](C)(c2ccc3c(c2)OCCO3)C1=O. The lowest BCUT2D eigenvalue weighted by molar-refractivity contribution is -0.134. The predicted octanol–water partition coefficient (Wildman–Crippen LogP) is 1.85. The van der Waals surface area contributed by atoms with Crippen molar-refractivity contribution in [1.29, 1.82) is 0 Å². The van der Waals surface area contributed by atoms with Gasteiger partial charge in [-0.2, -0.15) is 0 Å². The van der Waals surface area contributed by atoms with Gasteiger partial charge in [0.05, 0.1) is 0 Å². The van der Waals surface area contributed by atoms with E-state index in [1.54, 1.807) is 25.1 Å². The summed E-state index contributed by atoms with van der Waals surface area (Å²) in [6.07, 6.45) is 0. The fourth-order valence-corrected chi connectivity index (χ4v) is 3.59. The Kier molecular flexibility index (Phi) is 5.07. The van der Waals surface area contributed by atoms with Gasteiger partial charge in [0.1, 0.15) is 25.3 Å². The van der Waals surface area contributed by atoms with Gasteiger partial charge in [-0.05, 0) is 42.7 Å². The number of rotatable bonds is 5. The number of urea groups is 1. The Morgan fingerprint density at radius 3 is 2.63 bits per heavy atom. The van der Waals surface area contributed by atoms with E-state index in [1.165, 1.54) is 0 Å². The van der Waals surface area contributed by atoms with Gasteiger partial charge in [0.2, 0.25) is 5.91 Å². The monoisotopic (exact) mass is 409 g/mol. The second kappa shape index (κ2) is 7.70. The summed E-state index contributed by atoms with van der Waals surface area (Å²) < 4.78 is 11.1. The maximum atomic E-state index is 13.1. The molecule has 4 rings (SSSR count). The summed E-state index contributed by atoms with van der Waals surface area (Å²) in [5.74, 6) is 0.220. The Bertz CT molecular complexity index is 1020. The average Bonchev–Trinajstić information content (AvgIpc) is 2.96. The summed E-state index contributed by atoms with van der Waals surface area (Å²) in [6, 6.07) is 12.2. The second-order valence-electron chi connectivity index (χ2n) is 7.51. The summed E-state index contributed by atoms with van der Waals surface area (Å²) in [7, 11) is 0. The zero-order valence-corrected chi connectivity index (χ0v) is 16.9. The van der Waals surface area contributed by atoms with E-state index >= 15 is 0 Å². The molecule has 1 fully saturated rings. The molecule has 2 aromatic rings. The average molecular weight is 409 g/mol. The van der Waals surface area contributed by atoms with Crippen molar-refractivity contribution in [3.63, 3.8) is 0 Å². The third-order valence-corrected chi connectivity index (χ3v) is 5.43. The van der Waals surface area contributed by atoms with Crippen LogP contribution in [0, 0.1) is 6.92 Å². The lowest BCUT2D eigenvalue weighted by Crippen LogP contribution is -2.43. The molecule has 8 heteroatoms. The van der Waals surface area contributed by atoms with Crippen molar-refractivity contribution in [2.75, 3.05) is 19.8 Å². The van der Waals surface area contributed by atoms with Gasteiger partial charge >= 0.3 is 6.03 Å². The standard InChI is InChI=1S/C22H23N3O5/c1-14-5-3-4-6-15(14)12-23-19(26)13-25-20(27)22(2,24-21(25)28)16-7-8-17-18(11-16)30-10-9-29-17/h3-8,11H,9-10,12-13H2,1-2H3,(H,23,26)(H,24,28)/t22-/m1/s1. The van der Waals surface area contributed by atoms with E-state index in [1.807, 2.05) is 31.2 Å². The van der Waals surface area contributed by atoms with Crippen molar-refractivity contribution in [2.24, 2.45) is 0 Å². The van der Waals surface area contributed by atoms with E-state index < -0.39 is 23.4 Å². The molecule has 2 aromatic carbocycles. The Balaban J connectivity index is 1.46. The fraction of sp³-hybridized carbons (Fsp3) is 0.318. The normalized spacial score (nSPS) is 20.1. The van der Waals surface area contributed by atoms with Gasteiger partial charge in [0.15, 0.2) is 11.5 Å². The molecule has 2 heterocycles. The Labute approximate surface area is 174 Å². The van der Waals surface area contributed by atoms with Gasteiger partial charge in [-0.3, -0.25) is 14.5 Å². The molecule has 156 valence electrons. The molecule has 30 heavy (non-hydrogen) atoms. The van der Waals surface area contributed by atoms with E-state index in [2.05, 4.69) is 10.6 Å². The van der Waals surface area contributed by atoms with Gasteiger partial charge in [-0.25, -0.2) is 4.79 Å². The van der Waals surface area contributed by atoms with Crippen molar-refractivity contribution < 1.29 is 23.9 Å². The minimum absolute atomic E-state index is 0.328. The number of nitrogens with one attached hydrogen (secondary N) is 2. The number of hydrogen-bond acceptors (Lipinski definition) is 5. The number of nitrogens with zero attached hydrogens (tertiary/aromatic N) is 1. The van der Waals surface area contributed by atoms with Gasteiger partial charge in [0.25, 0.3) is 5.91 Å². The molecule has 1 atom stereocenters. The summed E-state index contributed by atoms with van der Waals surface area (Å²) in [5, 5.41) is 5.47. The molecular formula is C22H23N3O5. The molecule has 2 aliphatic rings. The first-order valence-corrected chi connectivity index (χ1v) is 9.74. The molecule has 0 saturated carbocycles. The van der Waals surface area contributed by atoms with Crippen molar-refractivity contribution in [3.05, 3.63) is 59.2 Å². The van der Waals surface area contributed by atoms with Crippen molar-refractivity contribution in [1.82, 2.24) is 15.5 Å². The number of hydrogen-bond donors (Lipinski definition) is 2. The Morgan fingerprint density at radius 1 is 1.13 bits per heavy atom. The highest BCUT2D eigenvalue weighted by Gasteiger charge is 2.49. The molecule has 0 aliphatic carbocycles. The zero-order valence-electron chi connectivity index (χ0n) is 16.9. The molecule has 0 radical (unpaired) electrons. The molecule has 4 amide bonds. The Hall–Kier alpha value is -3.55. The maximum Gasteiger partial charge on any atom is 0.325 e. The van der Waals surface area contributed by atoms with Crippen LogP contribution in [0.2, 0.25) is 0 Å². The van der Waals surface area contributed by atoms with Crippen LogP contribution < -0.4 is 20.1 Å². The van der Waals surface area contributed by atoms with Crippen LogP contribution in [0.25, 0.3) is 0 Å². The minimum Gasteiger partial charge on any atom is -0.486 e. The van der Waals surface area contributed by atoms with Crippen LogP contribution in [0.1, 0.15) is 23.6 Å². The quantitative estimate of drug-likeness (QED) is 0.735. The highest BCUT2D eigenvalue weighted by atomic mass is 16.6. The first kappa shape index (κ1) is 19.8. The van der Waals surface area contributed by atoms with E-state index in [9.17, 15) is 14.4 Å². The summed E-state index contributed by atoms with van der Waals surface area (Å²) in [5.41, 5.74) is 1.31. The Morgan fingerprint density at radius 2 is 1.87 bits per heavy atom. The predicted molar refractivity (Wildman–Crippen MR) is 108 cm³/mol. The van der Waals surface area contributed by atoms with Crippen LogP contribution in [-0.4, -0.2) is 42.5 Å². The lowest BCUT2D eigenvalue weighted by atomic mass is 9.91. The summed E-state index contributed by atoms with van der Waals surface area (Å²) in [6.45, 7) is 4.43. The van der Waals surface area contributed by atoms with Crippen molar-refractivity contribution in [2.45, 2.75) is 25.9 Å². The van der Waals surface area contributed by atoms with E-state index in [0.29, 0.717) is 36.8 Å². The van der Waals surface area contributed by atoms with Gasteiger partial charge < -0.3 is 20.1 Å². The molecule has 2 N–H and O–H groups in total. The van der Waals surface area contributed by atoms with Crippen LogP contribution in [0.15, 0.2) is 42.5 Å². The van der Waals surface area contributed by atoms with E-state index in [-0.39, 0.29) is 6.54 Å². The highest BCUT2D eigenvalue weighted by Crippen LogP contribution is 2.36. The molecule has 0 spiro atoms. The third-order valence-electron chi connectivity index (χ3n) is 5.43. The smallest absolute Gasteiger partial charge is 0.325 e. The molecule has 0 aromatic heterocycles. The largest absolute Gasteiger partial charge is 0.486 e. The fourth-order valence-electron chi connectivity index (χ4n) is 3.59. The molecule has 0 unspecified atom stereocenters. The highest BCUT2D eigenvalue weighted by molar-refractivity contribution is 6.09. The number of aryl methyl sites for hydroxylation is 1. The first-order chi connectivity index (χ1) is 14.4. The maximum absolute atomic E-state index is 13.1. The molecular weight excluding hydrogens is 386 g/mol. The molecule has 0 bridgehead atoms. The second-order valence-corrected chi connectivity index (χ2v) is 7.51. The third kappa shape index (κ3) is 3.56. The number of carbonyl (C=O) groups is 3. The number of fused-ring (bicyclic) bond motifs is 1. The molecule has 8 nitrogen and oxygen atoms in total. The van der Waals surface area contributed by atoms with Crippen molar-refractivity contribution in [3.8, 4) is 11.5 Å². The van der Waals surface area contributed by atoms with Crippen LogP contribution in [0.3, 0.4) is 0 Å². The lowest BCUT2D eigenvalue weighted by Gasteiger charge is -2.25. The van der Waals surface area contributed by atoms with Gasteiger partial charge in [-0.1, -0.05) is 30.3 Å². The number of amides is 4. The van der Waals surface area contributed by atoms with E-state index in [0.717, 1.165) is 16.0 Å². The van der Waals surface area contributed by atoms with Gasteiger partial charge in [0, 0.05) is 6.54 Å². The van der Waals surface area contributed by atoms with Crippen LogP contribution >= 0.6 is 0 Å². The van der Waals surface area contributed by atoms with Crippen molar-refractivity contribution >= 4 is 17.8 Å². The molecule has 2 aliphatic heterocycles. The molecule has 1 saturated heterocycles. The van der Waals surface area contributed by atoms with Crippen LogP contribution in [0.5, 0.6) is 11.5 Å². The van der Waals surface area contributed by atoms with Crippen LogP contribution in [0.4, 0.5) is 4.79 Å². The number of ether oxygens (including phenoxy) is 2. The first-order valence-electron chi connectivity index (χ1n) is 9.74. The zero-order chi connectivity index (χ0) is 21.3. The van der Waals surface area contributed by atoms with Crippen LogP contribution in [-0.2, 0) is 21.7 Å². The minimum atomic E-state index is -1.29. The van der Waals surface area contributed by atoms with Gasteiger partial charge in [-0.15, -0.1) is 0 Å². The summed E-state index contributed by atoms with van der Waals surface area (Å²) in [4.78, 5) is 38.9. The number of carbonyl (C=O) groups excluding carboxylic acids is 3.